The summed E-state index contributed by atoms with van der Waals surface area (Å²) in [7, 11) is -1.88. The van der Waals surface area contributed by atoms with E-state index in [4.69, 9.17) is 9.26 Å². The summed E-state index contributed by atoms with van der Waals surface area (Å²) in [5.41, 5.74) is 3.77. The fraction of sp³-hybridized carbons (Fsp3) is 0.364. The minimum absolute atomic E-state index is 0.0836. The van der Waals surface area contributed by atoms with Crippen LogP contribution in [0.1, 0.15) is 49.0 Å². The van der Waals surface area contributed by atoms with E-state index in [9.17, 15) is 9.00 Å². The zero-order valence-corrected chi connectivity index (χ0v) is 26.8. The molecule has 0 saturated carbocycles. The minimum Gasteiger partial charge on any atom is -0.491 e. The first kappa shape index (κ1) is 30.1. The van der Waals surface area contributed by atoms with Crippen LogP contribution in [0, 0.1) is 11.8 Å². The molecule has 0 atom stereocenters. The zero-order valence-electron chi connectivity index (χ0n) is 25.2. The molecule has 0 bridgehead atoms. The van der Waals surface area contributed by atoms with Crippen molar-refractivity contribution in [2.24, 2.45) is 0 Å². The van der Waals surface area contributed by atoms with Gasteiger partial charge in [0, 0.05) is 66.9 Å². The number of nitrogens with zero attached hydrogens (tertiary/aromatic N) is 5. The van der Waals surface area contributed by atoms with Gasteiger partial charge in [0.15, 0.2) is 10.6 Å². The summed E-state index contributed by atoms with van der Waals surface area (Å²) in [6, 6.07) is 11.6. The van der Waals surface area contributed by atoms with Crippen molar-refractivity contribution in [1.82, 2.24) is 24.4 Å². The van der Waals surface area contributed by atoms with Gasteiger partial charge in [0.2, 0.25) is 0 Å². The molecule has 6 rings (SSSR count). The van der Waals surface area contributed by atoms with Crippen LogP contribution >= 0.6 is 11.3 Å². The Morgan fingerprint density at radius 2 is 1.91 bits per heavy atom. The monoisotopic (exact) mass is 629 g/mol. The van der Waals surface area contributed by atoms with E-state index < -0.39 is 9.52 Å². The van der Waals surface area contributed by atoms with Crippen LogP contribution in [0.2, 0.25) is 0 Å². The van der Waals surface area contributed by atoms with Crippen molar-refractivity contribution in [3.8, 4) is 17.6 Å². The smallest absolute Gasteiger partial charge is 0.197 e. The van der Waals surface area contributed by atoms with Gasteiger partial charge < -0.3 is 9.26 Å². The van der Waals surface area contributed by atoms with Gasteiger partial charge >= 0.3 is 0 Å². The molecule has 1 aliphatic rings. The summed E-state index contributed by atoms with van der Waals surface area (Å²) in [6.07, 6.45) is 4.21. The molecule has 0 N–H and O–H groups in total. The first-order chi connectivity index (χ1) is 21.0. The SMILES string of the molecule is C=S1(=O)CCN(CCOc2cnc3c(c2)sc2nc(C#Cc4ccc(CC(=O)Cc5cc(C(C)(C)C)on5)cc4)cn23)CC1. The lowest BCUT2D eigenvalue weighted by molar-refractivity contribution is -0.117. The number of aromatic nitrogens is 4. The Labute approximate surface area is 261 Å². The lowest BCUT2D eigenvalue weighted by atomic mass is 9.93. The maximum absolute atomic E-state index is 12.6. The van der Waals surface area contributed by atoms with E-state index in [1.165, 1.54) is 0 Å². The number of hydrogen-bond acceptors (Lipinski definition) is 9. The Morgan fingerprint density at radius 3 is 2.64 bits per heavy atom. The van der Waals surface area contributed by atoms with Crippen LogP contribution in [0.5, 0.6) is 5.75 Å². The van der Waals surface area contributed by atoms with Crippen molar-refractivity contribution in [1.29, 1.82) is 0 Å². The molecule has 1 aliphatic heterocycles. The first-order valence-corrected chi connectivity index (χ1v) is 17.4. The van der Waals surface area contributed by atoms with Crippen LogP contribution in [0.25, 0.3) is 15.3 Å². The van der Waals surface area contributed by atoms with Gasteiger partial charge in [-0.15, -0.1) is 0 Å². The molecular weight excluding hydrogens is 595 g/mol. The maximum Gasteiger partial charge on any atom is 0.197 e. The normalized spacial score (nSPS) is 15.3. The second-order valence-corrected chi connectivity index (χ2v) is 16.0. The summed E-state index contributed by atoms with van der Waals surface area (Å²) in [5.74, 6) is 13.0. The molecule has 0 unspecified atom stereocenters. The third-order valence-corrected chi connectivity index (χ3v) is 10.4. The fourth-order valence-corrected chi connectivity index (χ4v) is 7.29. The number of thiazole rings is 1. The molecule has 44 heavy (non-hydrogen) atoms. The van der Waals surface area contributed by atoms with Gasteiger partial charge in [-0.1, -0.05) is 55.3 Å². The molecule has 0 spiro atoms. The molecule has 0 aliphatic carbocycles. The number of ether oxygens (including phenoxy) is 1. The quantitative estimate of drug-likeness (QED) is 0.184. The van der Waals surface area contributed by atoms with Gasteiger partial charge in [-0.3, -0.25) is 18.3 Å². The number of hydrogen-bond donors (Lipinski definition) is 0. The van der Waals surface area contributed by atoms with Gasteiger partial charge in [-0.2, -0.15) is 0 Å². The highest BCUT2D eigenvalue weighted by atomic mass is 32.2. The average molecular weight is 630 g/mol. The summed E-state index contributed by atoms with van der Waals surface area (Å²) in [4.78, 5) is 25.0. The second kappa shape index (κ2) is 12.2. The first-order valence-electron chi connectivity index (χ1n) is 14.5. The highest BCUT2D eigenvalue weighted by Gasteiger charge is 2.21. The number of fused-ring (bicyclic) bond motifs is 3. The van der Waals surface area contributed by atoms with Crippen LogP contribution in [0.3, 0.4) is 0 Å². The zero-order chi connectivity index (χ0) is 30.9. The highest BCUT2D eigenvalue weighted by molar-refractivity contribution is 8.00. The van der Waals surface area contributed by atoms with Crippen LogP contribution in [0.4, 0.5) is 0 Å². The Balaban J connectivity index is 1.03. The third-order valence-electron chi connectivity index (χ3n) is 7.51. The van der Waals surface area contributed by atoms with Crippen LogP contribution in [-0.2, 0) is 32.6 Å². The highest BCUT2D eigenvalue weighted by Crippen LogP contribution is 2.28. The molecule has 1 aromatic carbocycles. The van der Waals surface area contributed by atoms with E-state index in [2.05, 4.69) is 58.5 Å². The predicted molar refractivity (Wildman–Crippen MR) is 175 cm³/mol. The van der Waals surface area contributed by atoms with Gasteiger partial charge in [0.25, 0.3) is 0 Å². The van der Waals surface area contributed by atoms with Gasteiger partial charge in [0.1, 0.15) is 29.6 Å². The summed E-state index contributed by atoms with van der Waals surface area (Å²) in [5, 5.41) is 4.05. The minimum atomic E-state index is -1.88. The van der Waals surface area contributed by atoms with E-state index in [1.807, 2.05) is 47.0 Å². The average Bonchev–Trinajstić information content (AvgIpc) is 3.68. The van der Waals surface area contributed by atoms with Crippen molar-refractivity contribution < 1.29 is 18.3 Å². The second-order valence-electron chi connectivity index (χ2n) is 12.2. The number of ketones is 1. The third kappa shape index (κ3) is 7.21. The molecule has 228 valence electrons. The topological polar surface area (TPSA) is 103 Å². The van der Waals surface area contributed by atoms with Crippen molar-refractivity contribution >= 4 is 47.8 Å². The molecule has 5 aromatic rings. The van der Waals surface area contributed by atoms with Crippen LogP contribution < -0.4 is 4.74 Å². The van der Waals surface area contributed by atoms with E-state index in [0.717, 1.165) is 57.6 Å². The summed E-state index contributed by atoms with van der Waals surface area (Å²) >= 11 is 1.54. The number of benzene rings is 1. The molecule has 11 heteroatoms. The molecule has 4 aromatic heterocycles. The van der Waals surface area contributed by atoms with Crippen molar-refractivity contribution in [3.63, 3.8) is 0 Å². The summed E-state index contributed by atoms with van der Waals surface area (Å²) in [6.45, 7) is 9.08. The molecular formula is C33H35N5O4S2. The van der Waals surface area contributed by atoms with Gasteiger partial charge in [0.05, 0.1) is 23.0 Å². The predicted octanol–water partition coefficient (Wildman–Crippen LogP) is 4.39. The molecule has 5 heterocycles. The van der Waals surface area contributed by atoms with Crippen molar-refractivity contribution in [2.75, 3.05) is 37.7 Å². The van der Waals surface area contributed by atoms with Gasteiger partial charge in [-0.05, 0) is 39.0 Å². The number of pyridine rings is 1. The van der Waals surface area contributed by atoms with Gasteiger partial charge in [-0.25, -0.2) is 9.97 Å². The molecule has 9 nitrogen and oxygen atoms in total. The van der Waals surface area contributed by atoms with E-state index in [0.29, 0.717) is 35.9 Å². The Kier molecular flexibility index (Phi) is 8.33. The number of carbonyl (C=O) groups excluding carboxylic acids is 1. The molecule has 1 saturated heterocycles. The Bertz CT molecular complexity index is 1970. The van der Waals surface area contributed by atoms with E-state index in [1.54, 1.807) is 17.5 Å². The number of carbonyl (C=O) groups is 1. The number of Topliss-reactive ketones (excluding diaryl/α,β-unsaturated/α-hetero) is 1. The Morgan fingerprint density at radius 1 is 1.14 bits per heavy atom. The largest absolute Gasteiger partial charge is 0.491 e. The molecule has 0 radical (unpaired) electrons. The van der Waals surface area contributed by atoms with Crippen LogP contribution in [0.15, 0.2) is 53.3 Å². The lowest BCUT2D eigenvalue weighted by Crippen LogP contribution is -2.41. The maximum atomic E-state index is 12.6. The van der Waals surface area contributed by atoms with E-state index >= 15 is 0 Å². The van der Waals surface area contributed by atoms with Crippen molar-refractivity contribution in [3.05, 3.63) is 77.1 Å². The number of rotatable bonds is 8. The molecule has 0 amide bonds. The standard InChI is InChI=1S/C33H35N5O4S2/c1-33(2,3)30-19-26(36-42-30)18-27(39)17-24-7-5-23(6-8-24)9-10-25-22-38-31-29(43-32(38)35-25)20-28(21-34-31)41-14-11-37-12-15-44(4,40)16-13-37/h5-8,19-22H,4,11-18H2,1-3H3. The lowest BCUT2D eigenvalue weighted by Gasteiger charge is -2.28. The summed E-state index contributed by atoms with van der Waals surface area (Å²) < 4.78 is 26.3. The van der Waals surface area contributed by atoms with Crippen molar-refractivity contribution in [2.45, 2.75) is 39.0 Å². The Hall–Kier alpha value is -3.98. The van der Waals surface area contributed by atoms with Crippen LogP contribution in [-0.4, -0.2) is 78.0 Å². The number of imidazole rings is 1. The fourth-order valence-electron chi connectivity index (χ4n) is 4.90. The molecule has 1 fully saturated rings. The van der Waals surface area contributed by atoms with E-state index in [-0.39, 0.29) is 17.6 Å².